The van der Waals surface area contributed by atoms with Gasteiger partial charge in [-0.1, -0.05) is 141 Å². The third-order valence-electron chi connectivity index (χ3n) is 15.9. The van der Waals surface area contributed by atoms with Gasteiger partial charge in [-0.05, 0) is 128 Å². The number of benzene rings is 5. The predicted molar refractivity (Wildman–Crippen MR) is 301 cm³/mol. The molecule has 1 saturated carbocycles. The molecule has 0 radical (unpaired) electrons. The number of carbonyl (C=O) groups is 4. The predicted octanol–water partition coefficient (Wildman–Crippen LogP) is 12.0. The number of hydrogen-bond donors (Lipinski definition) is 2. The molecule has 2 N–H and O–H groups in total. The third kappa shape index (κ3) is 12.8. The summed E-state index contributed by atoms with van der Waals surface area (Å²) in [5.41, 5.74) is -0.0625. The van der Waals surface area contributed by atoms with Gasteiger partial charge >= 0.3 is 11.9 Å². The Morgan fingerprint density at radius 1 is 0.571 bits per heavy atom. The second kappa shape index (κ2) is 23.5. The molecular formula is C58H64Cl4N4O9S2. The molecule has 3 fully saturated rings. The van der Waals surface area contributed by atoms with Crippen molar-refractivity contribution in [2.24, 2.45) is 10.8 Å². The van der Waals surface area contributed by atoms with Gasteiger partial charge in [0.15, 0.2) is 0 Å². The van der Waals surface area contributed by atoms with Crippen LogP contribution >= 0.6 is 46.4 Å². The van der Waals surface area contributed by atoms with Gasteiger partial charge in [-0.15, -0.1) is 0 Å². The van der Waals surface area contributed by atoms with Crippen LogP contribution in [-0.2, 0) is 44.0 Å². The van der Waals surface area contributed by atoms with Crippen LogP contribution in [0.1, 0.15) is 132 Å². The van der Waals surface area contributed by atoms with Gasteiger partial charge in [-0.25, -0.2) is 26.3 Å². The third-order valence-corrected chi connectivity index (χ3v) is 20.5. The maximum absolute atomic E-state index is 15.5. The van der Waals surface area contributed by atoms with Crippen LogP contribution < -0.4 is 9.44 Å². The van der Waals surface area contributed by atoms with Crippen molar-refractivity contribution in [1.29, 1.82) is 0 Å². The molecule has 0 aromatic heterocycles. The average Bonchev–Trinajstić information content (AvgIpc) is 4.25. The van der Waals surface area contributed by atoms with E-state index in [4.69, 9.17) is 51.1 Å². The van der Waals surface area contributed by atoms with Gasteiger partial charge < -0.3 is 14.5 Å². The number of piperidine rings is 2. The highest BCUT2D eigenvalue weighted by Crippen LogP contribution is 2.54. The number of halogens is 4. The van der Waals surface area contributed by atoms with E-state index >= 15 is 9.59 Å². The first-order valence-corrected chi connectivity index (χ1v) is 30.3. The monoisotopic (exact) mass is 1160 g/mol. The molecule has 5 aromatic carbocycles. The van der Waals surface area contributed by atoms with Crippen molar-refractivity contribution in [2.45, 2.75) is 132 Å². The van der Waals surface area contributed by atoms with Crippen LogP contribution in [0.25, 0.3) is 0 Å². The van der Waals surface area contributed by atoms with Crippen LogP contribution in [-0.4, -0.2) is 80.3 Å². The lowest BCUT2D eigenvalue weighted by molar-refractivity contribution is -0.172. The van der Waals surface area contributed by atoms with Crippen LogP contribution in [0.4, 0.5) is 0 Å². The average molecular weight is 1170 g/mol. The fraction of sp³-hybridized carbons (Fsp3) is 0.414. The van der Waals surface area contributed by atoms with Gasteiger partial charge in [0.05, 0.1) is 45.4 Å². The number of rotatable bonds is 20. The first-order valence-electron chi connectivity index (χ1n) is 25.9. The largest absolute Gasteiger partial charge is 0.393 e. The van der Waals surface area contributed by atoms with Crippen LogP contribution in [0.3, 0.4) is 0 Å². The molecule has 2 aliphatic heterocycles. The molecule has 5 aromatic rings. The maximum Gasteiger partial charge on any atom is 0.314 e. The van der Waals surface area contributed by atoms with E-state index in [-0.39, 0.29) is 30.8 Å². The van der Waals surface area contributed by atoms with E-state index in [0.29, 0.717) is 51.3 Å². The van der Waals surface area contributed by atoms with Gasteiger partial charge in [0, 0.05) is 57.1 Å². The van der Waals surface area contributed by atoms with E-state index in [1.807, 2.05) is 56.3 Å². The Morgan fingerprint density at radius 3 is 1.38 bits per heavy atom. The van der Waals surface area contributed by atoms with Crippen molar-refractivity contribution < 1.29 is 40.8 Å². The molecule has 8 atom stereocenters. The molecule has 19 heteroatoms. The lowest BCUT2D eigenvalue weighted by Gasteiger charge is -2.52. The molecule has 2 amide bonds. The number of likely N-dealkylation sites (tertiary alicyclic amines) is 2. The molecule has 2 saturated heterocycles. The molecule has 0 spiro atoms. The van der Waals surface area contributed by atoms with Crippen molar-refractivity contribution in [2.75, 3.05) is 13.1 Å². The highest BCUT2D eigenvalue weighted by atomic mass is 35.5. The zero-order valence-corrected chi connectivity index (χ0v) is 48.2. The Hall–Kier alpha value is -4.84. The highest BCUT2D eigenvalue weighted by Gasteiger charge is 2.56. The smallest absolute Gasteiger partial charge is 0.314 e. The summed E-state index contributed by atoms with van der Waals surface area (Å²) in [6.07, 6.45) is 0.767. The quantitative estimate of drug-likeness (QED) is 0.0567. The Kier molecular flexibility index (Phi) is 17.8. The van der Waals surface area contributed by atoms with Gasteiger partial charge in [0.25, 0.3) is 0 Å². The van der Waals surface area contributed by atoms with Crippen molar-refractivity contribution in [3.63, 3.8) is 0 Å². The molecule has 2 heterocycles. The fourth-order valence-corrected chi connectivity index (χ4v) is 14.5. The van der Waals surface area contributed by atoms with E-state index < -0.39 is 108 Å². The van der Waals surface area contributed by atoms with E-state index in [0.717, 1.165) is 16.7 Å². The standard InChI is InChI=1S/C58H64Cl4N4O9S2/c1-6-45(35-63-76(71,72)47-17-9-8-10-18-47)65-52(37-19-23-41(59)24-20-37)48(39-13-11-15-43(61)29-39)31-56(3,54(65)69)33-50(67)75-51(68)34-57(4)32-49(40-14-12-16-44(62)30-40)53(38-21-25-42(60)26-22-38)66(55(57)70)46(7-2)36-64-77(73,74)58(5)27-28-58/h8-26,29-30,45-46,48-49,52-53,63-64H,6-7,27-28,31-36H2,1-5H3. The van der Waals surface area contributed by atoms with Crippen molar-refractivity contribution >= 4 is 90.2 Å². The second-order valence-corrected chi connectivity index (χ2v) is 27.4. The summed E-state index contributed by atoms with van der Waals surface area (Å²) in [4.78, 5) is 63.4. The number of nitrogens with zero attached hydrogens (tertiary/aromatic N) is 2. The second-order valence-electron chi connectivity index (χ2n) is 21.6. The van der Waals surface area contributed by atoms with Crippen LogP contribution in [0.15, 0.2) is 132 Å². The molecular weight excluding hydrogens is 1100 g/mol. The lowest BCUT2D eigenvalue weighted by atomic mass is 9.66. The Balaban J connectivity index is 1.12. The first kappa shape index (κ1) is 58.3. The minimum Gasteiger partial charge on any atom is -0.393 e. The Bertz CT molecular complexity index is 3220. The number of sulfonamides is 2. The summed E-state index contributed by atoms with van der Waals surface area (Å²) in [6.45, 7) is 8.43. The number of ether oxygens (including phenoxy) is 1. The van der Waals surface area contributed by atoms with Crippen LogP contribution in [0, 0.1) is 10.8 Å². The molecule has 13 nitrogen and oxygen atoms in total. The fourth-order valence-electron chi connectivity index (χ4n) is 11.3. The van der Waals surface area contributed by atoms with Gasteiger partial charge in [0.1, 0.15) is 0 Å². The summed E-state index contributed by atoms with van der Waals surface area (Å²) in [5, 5.41) is 1.84. The SMILES string of the molecule is CCC(CNS(=O)(=O)c1ccccc1)N1C(=O)C(C)(CC(=O)OC(=O)CC2(C)CC(c3cccc(Cl)c3)C(c3ccc(Cl)cc3)N(C(CC)CNS(=O)(=O)C3(C)CC3)C2=O)CC(c2cccc(Cl)c2)C1c1ccc(Cl)cc1. The summed E-state index contributed by atoms with van der Waals surface area (Å²) < 4.78 is 64.7. The van der Waals surface area contributed by atoms with Crippen molar-refractivity contribution in [3.8, 4) is 0 Å². The molecule has 77 heavy (non-hydrogen) atoms. The van der Waals surface area contributed by atoms with Gasteiger partial charge in [-0.3, -0.25) is 19.2 Å². The molecule has 0 bridgehead atoms. The number of nitrogens with one attached hydrogen (secondary N) is 2. The zero-order valence-electron chi connectivity index (χ0n) is 43.6. The number of carbonyl (C=O) groups excluding carboxylic acids is 4. The summed E-state index contributed by atoms with van der Waals surface area (Å²) in [5.74, 6) is -3.93. The van der Waals surface area contributed by atoms with E-state index in [1.54, 1.807) is 103 Å². The first-order chi connectivity index (χ1) is 36.4. The Labute approximate surface area is 472 Å². The molecule has 3 aliphatic rings. The number of hydrogen-bond acceptors (Lipinski definition) is 9. The zero-order chi connectivity index (χ0) is 55.7. The molecule has 8 unspecified atom stereocenters. The van der Waals surface area contributed by atoms with Gasteiger partial charge in [0.2, 0.25) is 31.9 Å². The molecule has 410 valence electrons. The lowest BCUT2D eigenvalue weighted by Crippen LogP contribution is -2.58. The molecule has 1 aliphatic carbocycles. The van der Waals surface area contributed by atoms with E-state index in [1.165, 1.54) is 12.1 Å². The Morgan fingerprint density at radius 2 is 0.987 bits per heavy atom. The normalized spacial score (nSPS) is 24.3. The van der Waals surface area contributed by atoms with Gasteiger partial charge in [-0.2, -0.15) is 0 Å². The maximum atomic E-state index is 15.5. The van der Waals surface area contributed by atoms with Crippen LogP contribution in [0.5, 0.6) is 0 Å². The number of amides is 2. The van der Waals surface area contributed by atoms with Crippen molar-refractivity contribution in [3.05, 3.63) is 170 Å². The minimum atomic E-state index is -4.03. The number of esters is 2. The molecule has 8 rings (SSSR count). The summed E-state index contributed by atoms with van der Waals surface area (Å²) >= 11 is 26.1. The summed E-state index contributed by atoms with van der Waals surface area (Å²) in [7, 11) is -7.78. The van der Waals surface area contributed by atoms with Crippen LogP contribution in [0.2, 0.25) is 20.1 Å². The highest BCUT2D eigenvalue weighted by molar-refractivity contribution is 7.91. The van der Waals surface area contributed by atoms with E-state index in [2.05, 4.69) is 9.44 Å². The summed E-state index contributed by atoms with van der Waals surface area (Å²) in [6, 6.07) is 33.8. The van der Waals surface area contributed by atoms with E-state index in [9.17, 15) is 26.4 Å². The minimum absolute atomic E-state index is 0.0527. The van der Waals surface area contributed by atoms with Crippen molar-refractivity contribution in [1.82, 2.24) is 19.2 Å². The topological polar surface area (TPSA) is 176 Å².